The Morgan fingerprint density at radius 2 is 2.07 bits per heavy atom. The van der Waals surface area contributed by atoms with Crippen LogP contribution in [0.1, 0.15) is 30.6 Å². The zero-order chi connectivity index (χ0) is 22.0. The van der Waals surface area contributed by atoms with Gasteiger partial charge in [0.15, 0.2) is 0 Å². The molecule has 3 rings (SSSR count). The van der Waals surface area contributed by atoms with Crippen molar-refractivity contribution < 1.29 is 27.9 Å². The number of nitrogens with zero attached hydrogens (tertiary/aromatic N) is 2. The second kappa shape index (κ2) is 8.57. The molecule has 5 N–H and O–H groups in total. The molecule has 0 bridgehead atoms. The molecule has 0 radical (unpaired) electrons. The number of amides is 1. The first-order valence-corrected chi connectivity index (χ1v) is 9.36. The van der Waals surface area contributed by atoms with E-state index in [4.69, 9.17) is 15.6 Å². The van der Waals surface area contributed by atoms with E-state index in [2.05, 4.69) is 45.5 Å². The molecule has 29 heavy (non-hydrogen) atoms. The van der Waals surface area contributed by atoms with Gasteiger partial charge in [0, 0.05) is 23.3 Å². The Bertz CT molecular complexity index is 914. The molecule has 1 unspecified atom stereocenters. The summed E-state index contributed by atoms with van der Waals surface area (Å²) in [4.78, 5) is 20.7. The molecule has 12 heteroatoms. The SMILES string of the molecule is CC1(C)CNCCC1Nc1c(C(N)=O)cnn2cc(Br)cc12.O=C(O)C(F)(F)F. The van der Waals surface area contributed by atoms with Gasteiger partial charge in [0.05, 0.1) is 23.0 Å². The van der Waals surface area contributed by atoms with Crippen molar-refractivity contribution in [3.63, 3.8) is 0 Å². The van der Waals surface area contributed by atoms with Crippen molar-refractivity contribution in [3.05, 3.63) is 28.5 Å². The second-order valence-electron chi connectivity index (χ2n) is 7.24. The van der Waals surface area contributed by atoms with Crippen molar-refractivity contribution in [3.8, 4) is 0 Å². The van der Waals surface area contributed by atoms with Crippen LogP contribution in [0.4, 0.5) is 18.9 Å². The molecule has 3 heterocycles. The number of anilines is 1. The van der Waals surface area contributed by atoms with E-state index in [-0.39, 0.29) is 11.5 Å². The van der Waals surface area contributed by atoms with Gasteiger partial charge in [-0.1, -0.05) is 13.8 Å². The predicted molar refractivity (Wildman–Crippen MR) is 104 cm³/mol. The van der Waals surface area contributed by atoms with Gasteiger partial charge in [-0.15, -0.1) is 0 Å². The van der Waals surface area contributed by atoms with Crippen LogP contribution < -0.4 is 16.4 Å². The molecule has 2 aromatic rings. The number of rotatable bonds is 3. The van der Waals surface area contributed by atoms with E-state index in [9.17, 15) is 18.0 Å². The molecule has 1 fully saturated rings. The van der Waals surface area contributed by atoms with Gasteiger partial charge in [-0.25, -0.2) is 9.31 Å². The standard InChI is InChI=1S/C15H20BrN5O.C2HF3O2/c1-15(2)8-18-4-3-12(15)20-13-10(14(17)22)6-19-21-7-9(16)5-11(13)21;3-2(4,5)1(6)7/h5-7,12,18,20H,3-4,8H2,1-2H3,(H2,17,22);(H,6,7). The van der Waals surface area contributed by atoms with Gasteiger partial charge in [0.2, 0.25) is 0 Å². The highest BCUT2D eigenvalue weighted by atomic mass is 79.9. The van der Waals surface area contributed by atoms with Crippen LogP contribution in [-0.4, -0.2) is 51.9 Å². The van der Waals surface area contributed by atoms with Crippen molar-refractivity contribution in [1.82, 2.24) is 14.9 Å². The highest BCUT2D eigenvalue weighted by molar-refractivity contribution is 9.10. The lowest BCUT2D eigenvalue weighted by atomic mass is 9.80. The summed E-state index contributed by atoms with van der Waals surface area (Å²) in [7, 11) is 0. The maximum atomic E-state index is 11.8. The first kappa shape index (κ1) is 22.9. The topological polar surface area (TPSA) is 122 Å². The number of aromatic nitrogens is 2. The van der Waals surface area contributed by atoms with Gasteiger partial charge >= 0.3 is 12.1 Å². The minimum atomic E-state index is -5.08. The van der Waals surface area contributed by atoms with E-state index in [1.807, 2.05) is 12.3 Å². The number of nitrogens with one attached hydrogen (secondary N) is 2. The third-order valence-electron chi connectivity index (χ3n) is 4.56. The van der Waals surface area contributed by atoms with Gasteiger partial charge in [0.25, 0.3) is 5.91 Å². The van der Waals surface area contributed by atoms with Gasteiger partial charge in [0.1, 0.15) is 0 Å². The Labute approximate surface area is 172 Å². The van der Waals surface area contributed by atoms with Crippen LogP contribution in [0.5, 0.6) is 0 Å². The second-order valence-corrected chi connectivity index (χ2v) is 8.16. The number of fused-ring (bicyclic) bond motifs is 1. The van der Waals surface area contributed by atoms with Crippen molar-refractivity contribution in [2.45, 2.75) is 32.5 Å². The van der Waals surface area contributed by atoms with E-state index in [1.54, 1.807) is 4.52 Å². The normalized spacial score (nSPS) is 18.6. The van der Waals surface area contributed by atoms with Crippen molar-refractivity contribution in [2.75, 3.05) is 18.4 Å². The summed E-state index contributed by atoms with van der Waals surface area (Å²) in [5.74, 6) is -3.23. The van der Waals surface area contributed by atoms with Crippen LogP contribution in [0, 0.1) is 5.41 Å². The number of hydrogen-bond acceptors (Lipinski definition) is 5. The van der Waals surface area contributed by atoms with Gasteiger partial charge < -0.3 is 21.5 Å². The predicted octanol–water partition coefficient (Wildman–Crippen LogP) is 2.63. The molecule has 2 aromatic heterocycles. The molecule has 0 spiro atoms. The lowest BCUT2D eigenvalue weighted by molar-refractivity contribution is -0.192. The van der Waals surface area contributed by atoms with Crippen LogP contribution in [0.25, 0.3) is 5.52 Å². The Kier molecular flexibility index (Phi) is 6.78. The summed E-state index contributed by atoms with van der Waals surface area (Å²) < 4.78 is 34.4. The van der Waals surface area contributed by atoms with Gasteiger partial charge in [-0.05, 0) is 40.4 Å². The molecule has 1 atom stereocenters. The fourth-order valence-corrected chi connectivity index (χ4v) is 3.39. The van der Waals surface area contributed by atoms with Crippen molar-refractivity contribution in [1.29, 1.82) is 0 Å². The summed E-state index contributed by atoms with van der Waals surface area (Å²) in [5, 5.41) is 18.3. The van der Waals surface area contributed by atoms with Gasteiger partial charge in [-0.2, -0.15) is 18.3 Å². The molecule has 1 saturated heterocycles. The highest BCUT2D eigenvalue weighted by Gasteiger charge is 2.38. The molecule has 8 nitrogen and oxygen atoms in total. The summed E-state index contributed by atoms with van der Waals surface area (Å²) in [6, 6.07) is 2.20. The molecule has 160 valence electrons. The van der Waals surface area contributed by atoms with Crippen molar-refractivity contribution in [2.24, 2.45) is 11.1 Å². The van der Waals surface area contributed by atoms with Crippen molar-refractivity contribution >= 4 is 39.0 Å². The van der Waals surface area contributed by atoms with Crippen LogP contribution in [0.3, 0.4) is 0 Å². The maximum Gasteiger partial charge on any atom is 0.490 e. The summed E-state index contributed by atoms with van der Waals surface area (Å²) in [6.07, 6.45) is -0.710. The molecular formula is C17H21BrF3N5O3. The van der Waals surface area contributed by atoms with E-state index in [0.29, 0.717) is 5.56 Å². The van der Waals surface area contributed by atoms with E-state index >= 15 is 0 Å². The quantitative estimate of drug-likeness (QED) is 0.536. The molecule has 1 aliphatic heterocycles. The number of carboxylic acids is 1. The van der Waals surface area contributed by atoms with Crippen LogP contribution in [0.2, 0.25) is 0 Å². The van der Waals surface area contributed by atoms with E-state index in [1.165, 1.54) is 6.20 Å². The number of nitrogens with two attached hydrogens (primary N) is 1. The monoisotopic (exact) mass is 479 g/mol. The number of alkyl halides is 3. The Hall–Kier alpha value is -2.34. The van der Waals surface area contributed by atoms with E-state index < -0.39 is 18.1 Å². The minimum Gasteiger partial charge on any atom is -0.475 e. The average Bonchev–Trinajstić information content (AvgIpc) is 2.97. The Morgan fingerprint density at radius 1 is 1.45 bits per heavy atom. The lowest BCUT2D eigenvalue weighted by Gasteiger charge is -2.40. The number of hydrogen-bond donors (Lipinski definition) is 4. The number of halogens is 4. The fourth-order valence-electron chi connectivity index (χ4n) is 2.98. The van der Waals surface area contributed by atoms with Crippen LogP contribution >= 0.6 is 15.9 Å². The molecule has 1 amide bonds. The number of aliphatic carboxylic acids is 1. The average molecular weight is 480 g/mol. The zero-order valence-electron chi connectivity index (χ0n) is 15.7. The summed E-state index contributed by atoms with van der Waals surface area (Å²) >= 11 is 3.45. The Morgan fingerprint density at radius 3 is 2.59 bits per heavy atom. The molecule has 0 aliphatic carbocycles. The number of carbonyl (C=O) groups excluding carboxylic acids is 1. The number of primary amides is 1. The first-order valence-electron chi connectivity index (χ1n) is 8.57. The number of carboxylic acid groups (broad SMARTS) is 1. The zero-order valence-corrected chi connectivity index (χ0v) is 17.3. The smallest absolute Gasteiger partial charge is 0.475 e. The van der Waals surface area contributed by atoms with E-state index in [0.717, 1.165) is 35.2 Å². The van der Waals surface area contributed by atoms with Gasteiger partial charge in [-0.3, -0.25) is 4.79 Å². The maximum absolute atomic E-state index is 11.8. The molecule has 1 aliphatic rings. The minimum absolute atomic E-state index is 0.0806. The lowest BCUT2D eigenvalue weighted by Crippen LogP contribution is -2.50. The third kappa shape index (κ3) is 5.60. The summed E-state index contributed by atoms with van der Waals surface area (Å²) in [5.41, 5.74) is 7.64. The molecule has 0 aromatic carbocycles. The number of piperidine rings is 1. The van der Waals surface area contributed by atoms with Crippen LogP contribution in [0.15, 0.2) is 22.9 Å². The summed E-state index contributed by atoms with van der Waals surface area (Å²) in [6.45, 7) is 6.32. The fraction of sp³-hybridized carbons (Fsp3) is 0.471. The Balaban J connectivity index is 0.000000370. The third-order valence-corrected chi connectivity index (χ3v) is 5.00. The highest BCUT2D eigenvalue weighted by Crippen LogP contribution is 2.32. The number of carbonyl (C=O) groups is 2. The largest absolute Gasteiger partial charge is 0.490 e. The molecular weight excluding hydrogens is 459 g/mol. The van der Waals surface area contributed by atoms with Crippen LogP contribution in [-0.2, 0) is 4.79 Å². The first-order chi connectivity index (χ1) is 13.3. The molecule has 0 saturated carbocycles.